The first-order chi connectivity index (χ1) is 10.1. The molecule has 0 fully saturated rings. The van der Waals surface area contributed by atoms with E-state index in [4.69, 9.17) is 11.6 Å². The lowest BCUT2D eigenvalue weighted by atomic mass is 10.1. The molecule has 0 saturated carbocycles. The number of hydrogen-bond donors (Lipinski definition) is 1. The highest BCUT2D eigenvalue weighted by atomic mass is 79.9. The zero-order valence-electron chi connectivity index (χ0n) is 11.3. The number of amides is 1. The summed E-state index contributed by atoms with van der Waals surface area (Å²) >= 11 is 9.43. The number of aromatic hydroxyl groups is 1. The third-order valence-electron chi connectivity index (χ3n) is 3.04. The second-order valence-electron chi connectivity index (χ2n) is 4.57. The van der Waals surface area contributed by atoms with Gasteiger partial charge in [0.05, 0.1) is 10.6 Å². The average molecular weight is 369 g/mol. The summed E-state index contributed by atoms with van der Waals surface area (Å²) in [5, 5.41) is 10.6. The Hall–Kier alpha value is -1.52. The Labute approximate surface area is 137 Å². The van der Waals surface area contributed by atoms with Gasteiger partial charge in [0.2, 0.25) is 0 Å². The summed E-state index contributed by atoms with van der Waals surface area (Å²) < 4.78 is 0. The van der Waals surface area contributed by atoms with Crippen molar-refractivity contribution in [1.82, 2.24) is 4.90 Å². The summed E-state index contributed by atoms with van der Waals surface area (Å²) in [6.07, 6.45) is 0. The van der Waals surface area contributed by atoms with E-state index in [0.29, 0.717) is 29.0 Å². The van der Waals surface area contributed by atoms with E-state index in [2.05, 4.69) is 15.9 Å². The molecular formula is C16H15BrClNO2. The first-order valence-electron chi connectivity index (χ1n) is 6.49. The van der Waals surface area contributed by atoms with Crippen molar-refractivity contribution < 1.29 is 9.90 Å². The number of phenolic OH excluding ortho intramolecular Hbond substituents is 1. The third kappa shape index (κ3) is 4.22. The number of benzene rings is 2. The van der Waals surface area contributed by atoms with Gasteiger partial charge in [0.1, 0.15) is 5.75 Å². The molecule has 0 spiro atoms. The lowest BCUT2D eigenvalue weighted by Crippen LogP contribution is -2.32. The van der Waals surface area contributed by atoms with Crippen LogP contribution in [0.25, 0.3) is 0 Å². The highest BCUT2D eigenvalue weighted by molar-refractivity contribution is 9.09. The smallest absolute Gasteiger partial charge is 0.255 e. The molecule has 1 amide bonds. The van der Waals surface area contributed by atoms with Gasteiger partial charge in [-0.3, -0.25) is 4.79 Å². The van der Waals surface area contributed by atoms with E-state index in [1.807, 2.05) is 30.3 Å². The minimum absolute atomic E-state index is 0.0289. The van der Waals surface area contributed by atoms with Crippen molar-refractivity contribution in [2.24, 2.45) is 0 Å². The molecule has 0 aromatic heterocycles. The van der Waals surface area contributed by atoms with Gasteiger partial charge in [0.15, 0.2) is 0 Å². The van der Waals surface area contributed by atoms with Gasteiger partial charge in [-0.25, -0.2) is 0 Å². The summed E-state index contributed by atoms with van der Waals surface area (Å²) in [5.74, 6) is -0.166. The maximum atomic E-state index is 12.6. The van der Waals surface area contributed by atoms with Crippen molar-refractivity contribution in [1.29, 1.82) is 0 Å². The normalized spacial score (nSPS) is 10.4. The Bertz CT molecular complexity index is 619. The van der Waals surface area contributed by atoms with Crippen LogP contribution in [0.3, 0.4) is 0 Å². The van der Waals surface area contributed by atoms with Crippen LogP contribution in [-0.2, 0) is 6.54 Å². The number of halogens is 2. The van der Waals surface area contributed by atoms with Crippen LogP contribution in [0, 0.1) is 0 Å². The van der Waals surface area contributed by atoms with Crippen molar-refractivity contribution in [3.05, 3.63) is 64.7 Å². The van der Waals surface area contributed by atoms with Gasteiger partial charge < -0.3 is 10.0 Å². The summed E-state index contributed by atoms with van der Waals surface area (Å²) in [5.41, 5.74) is 1.36. The van der Waals surface area contributed by atoms with Gasteiger partial charge in [-0.1, -0.05) is 57.9 Å². The molecule has 2 aromatic carbocycles. The van der Waals surface area contributed by atoms with Crippen LogP contribution < -0.4 is 0 Å². The molecule has 0 bridgehead atoms. The largest absolute Gasteiger partial charge is 0.508 e. The molecule has 0 heterocycles. The first kappa shape index (κ1) is 15.9. The molecule has 0 aliphatic carbocycles. The standard InChI is InChI=1S/C16H15BrClNO2/c17-8-9-19(11-12-4-2-1-3-5-12)16(21)14-10-13(20)6-7-15(14)18/h1-7,10,20H,8-9,11H2. The average Bonchev–Trinajstić information content (AvgIpc) is 2.49. The van der Waals surface area contributed by atoms with E-state index < -0.39 is 0 Å². The summed E-state index contributed by atoms with van der Waals surface area (Å²) in [4.78, 5) is 14.3. The van der Waals surface area contributed by atoms with E-state index in [0.717, 1.165) is 5.56 Å². The van der Waals surface area contributed by atoms with Crippen molar-refractivity contribution in [3.8, 4) is 5.75 Å². The van der Waals surface area contributed by atoms with E-state index in [1.54, 1.807) is 4.90 Å². The molecule has 0 atom stereocenters. The Morgan fingerprint density at radius 1 is 1.19 bits per heavy atom. The third-order valence-corrected chi connectivity index (χ3v) is 3.72. The lowest BCUT2D eigenvalue weighted by Gasteiger charge is -2.22. The molecule has 21 heavy (non-hydrogen) atoms. The Morgan fingerprint density at radius 3 is 2.57 bits per heavy atom. The van der Waals surface area contributed by atoms with Crippen LogP contribution >= 0.6 is 27.5 Å². The van der Waals surface area contributed by atoms with Crippen LogP contribution in [0.4, 0.5) is 0 Å². The van der Waals surface area contributed by atoms with Gasteiger partial charge in [-0.05, 0) is 23.8 Å². The minimum Gasteiger partial charge on any atom is -0.508 e. The van der Waals surface area contributed by atoms with Crippen LogP contribution in [0.1, 0.15) is 15.9 Å². The SMILES string of the molecule is O=C(c1cc(O)ccc1Cl)N(CCBr)Cc1ccccc1. The Balaban J connectivity index is 2.25. The molecule has 0 radical (unpaired) electrons. The lowest BCUT2D eigenvalue weighted by molar-refractivity contribution is 0.0754. The number of alkyl halides is 1. The van der Waals surface area contributed by atoms with E-state index in [1.165, 1.54) is 18.2 Å². The molecule has 5 heteroatoms. The minimum atomic E-state index is -0.195. The zero-order valence-corrected chi connectivity index (χ0v) is 13.6. The predicted molar refractivity (Wildman–Crippen MR) is 88.1 cm³/mol. The van der Waals surface area contributed by atoms with Crippen LogP contribution in [0.15, 0.2) is 48.5 Å². The predicted octanol–water partition coefficient (Wildman–Crippen LogP) is 4.08. The topological polar surface area (TPSA) is 40.5 Å². The highest BCUT2D eigenvalue weighted by Crippen LogP contribution is 2.23. The molecule has 0 saturated heterocycles. The van der Waals surface area contributed by atoms with Gasteiger partial charge in [-0.15, -0.1) is 0 Å². The molecule has 3 nitrogen and oxygen atoms in total. The molecule has 2 aromatic rings. The van der Waals surface area contributed by atoms with Gasteiger partial charge in [0.25, 0.3) is 5.91 Å². The second-order valence-corrected chi connectivity index (χ2v) is 5.77. The molecule has 0 aliphatic heterocycles. The Kier molecular flexibility index (Phi) is 5.65. The van der Waals surface area contributed by atoms with Crippen LogP contribution in [0.2, 0.25) is 5.02 Å². The summed E-state index contributed by atoms with van der Waals surface area (Å²) in [7, 11) is 0. The van der Waals surface area contributed by atoms with Gasteiger partial charge in [0, 0.05) is 18.4 Å². The molecule has 2 rings (SSSR count). The van der Waals surface area contributed by atoms with Crippen molar-refractivity contribution >= 4 is 33.4 Å². The zero-order chi connectivity index (χ0) is 15.2. The van der Waals surface area contributed by atoms with Crippen LogP contribution in [-0.4, -0.2) is 27.8 Å². The maximum Gasteiger partial charge on any atom is 0.255 e. The fourth-order valence-corrected chi connectivity index (χ4v) is 2.63. The van der Waals surface area contributed by atoms with Gasteiger partial charge in [-0.2, -0.15) is 0 Å². The first-order valence-corrected chi connectivity index (χ1v) is 7.99. The highest BCUT2D eigenvalue weighted by Gasteiger charge is 2.18. The second kappa shape index (κ2) is 7.48. The number of carbonyl (C=O) groups excluding carboxylic acids is 1. The number of carbonyl (C=O) groups is 1. The van der Waals surface area contributed by atoms with Crippen molar-refractivity contribution in [2.75, 3.05) is 11.9 Å². The van der Waals surface area contributed by atoms with E-state index in [9.17, 15) is 9.90 Å². The fourth-order valence-electron chi connectivity index (χ4n) is 2.01. The number of phenols is 1. The van der Waals surface area contributed by atoms with Gasteiger partial charge >= 0.3 is 0 Å². The summed E-state index contributed by atoms with van der Waals surface area (Å²) in [6, 6.07) is 14.1. The van der Waals surface area contributed by atoms with Crippen molar-refractivity contribution in [2.45, 2.75) is 6.54 Å². The molecule has 110 valence electrons. The van der Waals surface area contributed by atoms with E-state index >= 15 is 0 Å². The quantitative estimate of drug-likeness (QED) is 0.808. The molecule has 0 aliphatic rings. The Morgan fingerprint density at radius 2 is 1.90 bits per heavy atom. The van der Waals surface area contributed by atoms with Crippen molar-refractivity contribution in [3.63, 3.8) is 0 Å². The number of nitrogens with zero attached hydrogens (tertiary/aromatic N) is 1. The maximum absolute atomic E-state index is 12.6. The number of rotatable bonds is 5. The molecule has 0 unspecified atom stereocenters. The summed E-state index contributed by atoms with van der Waals surface area (Å²) in [6.45, 7) is 1.05. The molecule has 1 N–H and O–H groups in total. The number of hydrogen-bond acceptors (Lipinski definition) is 2. The van der Waals surface area contributed by atoms with E-state index in [-0.39, 0.29) is 11.7 Å². The van der Waals surface area contributed by atoms with Crippen LogP contribution in [0.5, 0.6) is 5.75 Å². The monoisotopic (exact) mass is 367 g/mol. The fraction of sp³-hybridized carbons (Fsp3) is 0.188. The molecular weight excluding hydrogens is 354 g/mol.